The minimum Gasteiger partial charge on any atom is -0.481 e. The van der Waals surface area contributed by atoms with Gasteiger partial charge in [0.2, 0.25) is 0 Å². The number of aliphatic hydroxyl groups excluding tert-OH is 1. The Morgan fingerprint density at radius 2 is 1.95 bits per heavy atom. The Hall–Kier alpha value is -0.720. The fourth-order valence-electron chi connectivity index (χ4n) is 3.57. The van der Waals surface area contributed by atoms with E-state index < -0.39 is 16.8 Å². The molecule has 0 aromatic carbocycles. The van der Waals surface area contributed by atoms with Crippen LogP contribution in [0.2, 0.25) is 0 Å². The summed E-state index contributed by atoms with van der Waals surface area (Å²) in [5.74, 6) is 0.971. The lowest BCUT2D eigenvalue weighted by molar-refractivity contribution is -0.137. The van der Waals surface area contributed by atoms with Gasteiger partial charge in [-0.15, -0.1) is 0 Å². The Labute approximate surface area is 134 Å². The maximum Gasteiger partial charge on any atom is 0.303 e. The molecule has 2 aliphatic heterocycles. The van der Waals surface area contributed by atoms with Crippen LogP contribution in [-0.4, -0.2) is 50.7 Å². The van der Waals surface area contributed by atoms with Gasteiger partial charge in [0, 0.05) is 34.6 Å². The Bertz CT molecular complexity index is 423. The lowest BCUT2D eigenvalue weighted by atomic mass is 9.78. The smallest absolute Gasteiger partial charge is 0.303 e. The third-order valence-corrected chi connectivity index (χ3v) is 6.02. The zero-order chi connectivity index (χ0) is 15.9. The van der Waals surface area contributed by atoms with Gasteiger partial charge in [0.15, 0.2) is 0 Å². The highest BCUT2D eigenvalue weighted by Crippen LogP contribution is 2.45. The summed E-state index contributed by atoms with van der Waals surface area (Å²) in [7, 11) is -0.967. The number of ether oxygens (including phenoxy) is 1. The number of fused-ring (bicyclic) bond motifs is 2. The highest BCUT2D eigenvalue weighted by Gasteiger charge is 2.48. The van der Waals surface area contributed by atoms with Gasteiger partial charge >= 0.3 is 5.97 Å². The summed E-state index contributed by atoms with van der Waals surface area (Å²) in [6, 6.07) is 0. The van der Waals surface area contributed by atoms with Crippen LogP contribution < -0.4 is 0 Å². The quantitative estimate of drug-likeness (QED) is 0.471. The number of hydrogen-bond acceptors (Lipinski definition) is 4. The molecule has 2 N–H and O–H groups in total. The van der Waals surface area contributed by atoms with Crippen molar-refractivity contribution in [2.24, 2.45) is 11.8 Å². The summed E-state index contributed by atoms with van der Waals surface area (Å²) in [4.78, 5) is 10.4. The third kappa shape index (κ3) is 4.89. The third-order valence-electron chi connectivity index (χ3n) is 4.62. The molecule has 0 aromatic heterocycles. The van der Waals surface area contributed by atoms with Crippen molar-refractivity contribution in [3.8, 4) is 0 Å². The molecule has 22 heavy (non-hydrogen) atoms. The number of aliphatic carboxylic acids is 1. The predicted octanol–water partition coefficient (Wildman–Crippen LogP) is 1.72. The van der Waals surface area contributed by atoms with E-state index in [-0.39, 0.29) is 25.2 Å². The number of aliphatic hydroxyl groups is 1. The topological polar surface area (TPSA) is 83.8 Å². The summed E-state index contributed by atoms with van der Waals surface area (Å²) in [6.45, 7) is -0.0254. The van der Waals surface area contributed by atoms with Gasteiger partial charge in [-0.2, -0.15) is 0 Å². The van der Waals surface area contributed by atoms with Crippen molar-refractivity contribution in [1.29, 1.82) is 0 Å². The van der Waals surface area contributed by atoms with Crippen LogP contribution in [0.4, 0.5) is 0 Å². The van der Waals surface area contributed by atoms with Crippen molar-refractivity contribution in [3.05, 3.63) is 12.2 Å². The van der Waals surface area contributed by atoms with Crippen LogP contribution in [0.1, 0.15) is 38.5 Å². The van der Waals surface area contributed by atoms with E-state index in [1.165, 1.54) is 0 Å². The van der Waals surface area contributed by atoms with Crippen LogP contribution in [0.25, 0.3) is 0 Å². The van der Waals surface area contributed by atoms with Gasteiger partial charge in [-0.1, -0.05) is 12.2 Å². The second kappa shape index (κ2) is 8.79. The minimum atomic E-state index is -0.967. The highest BCUT2D eigenvalue weighted by atomic mass is 32.2. The van der Waals surface area contributed by atoms with Gasteiger partial charge in [-0.05, 0) is 38.0 Å². The molecule has 0 radical (unpaired) electrons. The molecule has 2 rings (SSSR count). The number of unbranched alkanes of at least 4 members (excludes halogenated alkanes) is 1. The van der Waals surface area contributed by atoms with E-state index in [1.54, 1.807) is 0 Å². The lowest BCUT2D eigenvalue weighted by Gasteiger charge is -2.26. The van der Waals surface area contributed by atoms with Crippen molar-refractivity contribution in [1.82, 2.24) is 0 Å². The molecule has 2 heterocycles. The molecule has 0 saturated carbocycles. The molecule has 1 unspecified atom stereocenters. The van der Waals surface area contributed by atoms with E-state index >= 15 is 0 Å². The molecule has 2 fully saturated rings. The summed E-state index contributed by atoms with van der Waals surface area (Å²) in [5.41, 5.74) is 0. The number of hydrogen-bond donors (Lipinski definition) is 2. The Kier molecular flexibility index (Phi) is 7.05. The zero-order valence-corrected chi connectivity index (χ0v) is 13.7. The number of carboxylic acids is 1. The minimum absolute atomic E-state index is 0.0254. The molecule has 6 heteroatoms. The van der Waals surface area contributed by atoms with Gasteiger partial charge in [-0.25, -0.2) is 0 Å². The molecule has 0 amide bonds. The van der Waals surface area contributed by atoms with E-state index in [9.17, 15) is 9.00 Å². The molecule has 0 aliphatic carbocycles. The van der Waals surface area contributed by atoms with E-state index in [2.05, 4.69) is 12.2 Å². The first-order valence-corrected chi connectivity index (χ1v) is 9.58. The van der Waals surface area contributed by atoms with Gasteiger partial charge in [0.05, 0.1) is 18.8 Å². The normalized spacial score (nSPS) is 31.9. The summed E-state index contributed by atoms with van der Waals surface area (Å²) < 4.78 is 17.9. The van der Waals surface area contributed by atoms with E-state index in [0.717, 1.165) is 25.7 Å². The molecular formula is C16H26O5S. The van der Waals surface area contributed by atoms with Crippen molar-refractivity contribution >= 4 is 16.8 Å². The van der Waals surface area contributed by atoms with Crippen LogP contribution in [0.15, 0.2) is 12.2 Å². The molecule has 126 valence electrons. The second-order valence-corrected chi connectivity index (χ2v) is 7.77. The number of rotatable bonds is 10. The van der Waals surface area contributed by atoms with Crippen molar-refractivity contribution < 1.29 is 24.0 Å². The molecule has 0 spiro atoms. The van der Waals surface area contributed by atoms with Gasteiger partial charge < -0.3 is 14.9 Å². The molecule has 5 nitrogen and oxygen atoms in total. The molecule has 2 saturated heterocycles. The first-order valence-electron chi connectivity index (χ1n) is 8.10. The van der Waals surface area contributed by atoms with Crippen molar-refractivity contribution in [2.75, 3.05) is 18.1 Å². The predicted molar refractivity (Wildman–Crippen MR) is 85.1 cm³/mol. The Balaban J connectivity index is 1.78. The molecular weight excluding hydrogens is 304 g/mol. The summed E-state index contributed by atoms with van der Waals surface area (Å²) in [6.07, 6.45) is 9.42. The maximum atomic E-state index is 11.9. The summed E-state index contributed by atoms with van der Waals surface area (Å²) in [5, 5.41) is 17.5. The average Bonchev–Trinajstić information content (AvgIpc) is 3.05. The average molecular weight is 330 g/mol. The van der Waals surface area contributed by atoms with Gasteiger partial charge in [-0.3, -0.25) is 9.00 Å². The maximum absolute atomic E-state index is 11.9. The van der Waals surface area contributed by atoms with Crippen LogP contribution >= 0.6 is 0 Å². The van der Waals surface area contributed by atoms with Crippen LogP contribution in [-0.2, 0) is 20.3 Å². The van der Waals surface area contributed by atoms with Crippen LogP contribution in [0, 0.1) is 11.8 Å². The van der Waals surface area contributed by atoms with Crippen molar-refractivity contribution in [3.63, 3.8) is 0 Å². The molecule has 2 aliphatic rings. The van der Waals surface area contributed by atoms with E-state index in [4.69, 9.17) is 14.9 Å². The molecule has 5 atom stereocenters. The number of carbonyl (C=O) groups is 1. The first-order chi connectivity index (χ1) is 10.6. The van der Waals surface area contributed by atoms with E-state index in [0.29, 0.717) is 29.8 Å². The molecule has 2 bridgehead atoms. The highest BCUT2D eigenvalue weighted by molar-refractivity contribution is 7.85. The zero-order valence-electron chi connectivity index (χ0n) is 12.9. The second-order valence-electron chi connectivity index (χ2n) is 6.15. The van der Waals surface area contributed by atoms with Gasteiger partial charge in [0.25, 0.3) is 0 Å². The first kappa shape index (κ1) is 17.6. The van der Waals surface area contributed by atoms with E-state index in [1.807, 2.05) is 0 Å². The van der Waals surface area contributed by atoms with Gasteiger partial charge in [0.1, 0.15) is 0 Å². The summed E-state index contributed by atoms with van der Waals surface area (Å²) >= 11 is 0. The number of allylic oxidation sites excluding steroid dienone is 2. The monoisotopic (exact) mass is 330 g/mol. The van der Waals surface area contributed by atoms with Crippen LogP contribution in [0.3, 0.4) is 0 Å². The van der Waals surface area contributed by atoms with Crippen molar-refractivity contribution in [2.45, 2.75) is 50.7 Å². The Morgan fingerprint density at radius 3 is 2.64 bits per heavy atom. The lowest BCUT2D eigenvalue weighted by Crippen LogP contribution is -2.31. The fraction of sp³-hybridized carbons (Fsp3) is 0.812. The standard InChI is InChI=1S/C16H26O5S/c17-9-10-22(20)11-13-12(14-7-8-15(13)21-14)5-3-1-2-4-6-16(18)19/h1,3,12-15,17H,2,4-11H2,(H,18,19)/t12-,13+,14-,15+,22?/m1/s1. The Morgan fingerprint density at radius 1 is 1.23 bits per heavy atom. The molecule has 0 aromatic rings. The number of carboxylic acid groups (broad SMARTS) is 1. The largest absolute Gasteiger partial charge is 0.481 e. The fourth-order valence-corrected chi connectivity index (χ4v) is 4.83. The van der Waals surface area contributed by atoms with Crippen LogP contribution in [0.5, 0.6) is 0 Å². The SMILES string of the molecule is O=C(O)CCCC=CC[C@@H]1[C@H](CS(=O)CCO)[C@@H]2CC[C@H]1O2.